The average Bonchev–Trinajstić information content (AvgIpc) is 2.77. The van der Waals surface area contributed by atoms with Crippen molar-refractivity contribution in [3.8, 4) is 0 Å². The molecule has 0 heterocycles. The third kappa shape index (κ3) is 17.6. The molecule has 0 atom stereocenters. The van der Waals surface area contributed by atoms with E-state index >= 15 is 0 Å². The second-order valence-electron chi connectivity index (χ2n) is 12.1. The maximum absolute atomic E-state index is 4.84. The maximum Gasteiger partial charge on any atom is 0.0629 e. The normalized spacial score (nSPS) is 12.5. The minimum absolute atomic E-state index is 1.04. The third-order valence-electron chi connectivity index (χ3n) is 7.87. The van der Waals surface area contributed by atoms with Gasteiger partial charge >= 0.3 is 0 Å². The van der Waals surface area contributed by atoms with Crippen molar-refractivity contribution in [1.82, 2.24) is 0 Å². The van der Waals surface area contributed by atoms with Gasteiger partial charge in [0.2, 0.25) is 0 Å². The Balaban J connectivity index is 4.06. The van der Waals surface area contributed by atoms with Gasteiger partial charge in [-0.3, -0.25) is 4.99 Å². The summed E-state index contributed by atoms with van der Waals surface area (Å²) in [5.74, 6) is 0. The lowest BCUT2D eigenvalue weighted by atomic mass is 10.1. The first-order chi connectivity index (χ1) is 16.8. The zero-order valence-corrected chi connectivity index (χ0v) is 27.3. The molecule has 0 aromatic heterocycles. The van der Waals surface area contributed by atoms with Gasteiger partial charge in [0.15, 0.2) is 0 Å². The first kappa shape index (κ1) is 34.6. The zero-order valence-electron chi connectivity index (χ0n) is 25.3. The van der Waals surface area contributed by atoms with E-state index in [2.05, 4.69) is 60.9 Å². The van der Waals surface area contributed by atoms with Crippen molar-refractivity contribution in [2.75, 3.05) is 6.54 Å². The summed E-state index contributed by atoms with van der Waals surface area (Å²) in [5, 5.41) is 0. The molecule has 0 rings (SSSR count). The van der Waals surface area contributed by atoms with Crippen LogP contribution in [-0.2, 0) is 0 Å². The van der Waals surface area contributed by atoms with E-state index in [0.717, 1.165) is 6.54 Å². The largest absolute Gasteiger partial charge is 0.298 e. The Hall–Kier alpha value is -0.416. The summed E-state index contributed by atoms with van der Waals surface area (Å²) in [4.78, 5) is 4.84. The van der Waals surface area contributed by atoms with Gasteiger partial charge in [0.1, 0.15) is 0 Å². The highest BCUT2D eigenvalue weighted by atomic mass is 28.3. The van der Waals surface area contributed by atoms with Crippen LogP contribution in [0.3, 0.4) is 0 Å². The molecular weight excluding hydrogens is 455 g/mol. The molecule has 0 spiro atoms. The van der Waals surface area contributed by atoms with Crippen LogP contribution in [0.4, 0.5) is 0 Å². The Morgan fingerprint density at radius 1 is 0.571 bits per heavy atom. The summed E-state index contributed by atoms with van der Waals surface area (Å²) in [6.45, 7) is 23.5. The Morgan fingerprint density at radius 3 is 1.43 bits per heavy atom. The lowest BCUT2D eigenvalue weighted by molar-refractivity contribution is 0.577. The molecule has 0 aliphatic heterocycles. The van der Waals surface area contributed by atoms with Gasteiger partial charge in [-0.2, -0.15) is 0 Å². The summed E-state index contributed by atoms with van der Waals surface area (Å²) in [6.07, 6.45) is 19.0. The van der Waals surface area contributed by atoms with Gasteiger partial charge < -0.3 is 0 Å². The van der Waals surface area contributed by atoms with Crippen molar-refractivity contribution in [2.24, 2.45) is 4.99 Å². The minimum atomic E-state index is -1.24. The monoisotopic (exact) mass is 519 g/mol. The highest BCUT2D eigenvalue weighted by Crippen LogP contribution is 2.34. The summed E-state index contributed by atoms with van der Waals surface area (Å²) in [6, 6.07) is 11.4. The molecule has 0 aromatic carbocycles. The molecule has 0 fully saturated rings. The summed E-state index contributed by atoms with van der Waals surface area (Å²) in [7, 11) is -2.34. The minimum Gasteiger partial charge on any atom is -0.298 e. The molecule has 1 nitrogen and oxygen atoms in total. The van der Waals surface area contributed by atoms with Gasteiger partial charge in [0.25, 0.3) is 0 Å². The van der Waals surface area contributed by atoms with E-state index in [4.69, 9.17) is 4.99 Å². The number of hydrogen-bond donors (Lipinski definition) is 0. The van der Waals surface area contributed by atoms with Crippen molar-refractivity contribution in [1.29, 1.82) is 0 Å². The number of nitrogens with zero attached hydrogens (tertiary/aromatic N) is 1. The van der Waals surface area contributed by atoms with Gasteiger partial charge in [-0.25, -0.2) is 0 Å². The first-order valence-corrected chi connectivity index (χ1v) is 21.2. The molecule has 35 heavy (non-hydrogen) atoms. The number of aliphatic imine (C=N–C) groups is 1. The number of unbranched alkanes of at least 4 members (excludes halogenated alkanes) is 7. The van der Waals surface area contributed by atoms with Gasteiger partial charge in [-0.05, 0) is 44.6 Å². The fourth-order valence-electron chi connectivity index (χ4n) is 6.73. The Morgan fingerprint density at radius 2 is 0.971 bits per heavy atom. The topological polar surface area (TPSA) is 12.4 Å². The van der Waals surface area contributed by atoms with Gasteiger partial charge in [-0.15, -0.1) is 13.2 Å². The molecule has 0 N–H and O–H groups in total. The van der Waals surface area contributed by atoms with E-state index in [1.807, 2.05) is 0 Å². The van der Waals surface area contributed by atoms with Gasteiger partial charge in [0.05, 0.1) is 16.1 Å². The standard InChI is InChI=1S/C32H65NSi2/c1-9-23-34(24-10-2,29-31(5)6)27-20-18-16-14-13-15-17-19-21-33-22-28-35(25-11-3,26-12-4)30-32(7)8/h22H,5,7,9-21,23-30H2,1-4,6,8H3. The molecule has 0 saturated carbocycles. The van der Waals surface area contributed by atoms with Crippen LogP contribution in [0.15, 0.2) is 29.3 Å². The van der Waals surface area contributed by atoms with Crippen LogP contribution in [0.2, 0.25) is 48.4 Å². The van der Waals surface area contributed by atoms with Crippen LogP contribution in [-0.4, -0.2) is 28.9 Å². The van der Waals surface area contributed by atoms with Crippen molar-refractivity contribution in [3.63, 3.8) is 0 Å². The number of rotatable bonds is 25. The van der Waals surface area contributed by atoms with E-state index in [9.17, 15) is 0 Å². The number of allylic oxidation sites excluding steroid dienone is 2. The molecule has 0 radical (unpaired) electrons. The second kappa shape index (κ2) is 21.6. The molecule has 0 aromatic rings. The fraction of sp³-hybridized carbons (Fsp3) is 0.844. The van der Waals surface area contributed by atoms with E-state index in [0.29, 0.717) is 0 Å². The molecule has 0 amide bonds. The predicted molar refractivity (Wildman–Crippen MR) is 171 cm³/mol. The lowest BCUT2D eigenvalue weighted by Crippen LogP contribution is -2.34. The lowest BCUT2D eigenvalue weighted by Gasteiger charge is -2.32. The number of hydrogen-bond acceptors (Lipinski definition) is 1. The van der Waals surface area contributed by atoms with Crippen molar-refractivity contribution in [3.05, 3.63) is 24.3 Å². The third-order valence-corrected chi connectivity index (χ3v) is 19.3. The first-order valence-electron chi connectivity index (χ1n) is 15.6. The highest BCUT2D eigenvalue weighted by molar-refractivity contribution is 6.82. The molecule has 0 aliphatic rings. The maximum atomic E-state index is 4.84. The molecule has 0 bridgehead atoms. The van der Waals surface area contributed by atoms with E-state index in [-0.39, 0.29) is 0 Å². The Kier molecular flexibility index (Phi) is 21.4. The molecule has 206 valence electrons. The Bertz CT molecular complexity index is 554. The summed E-state index contributed by atoms with van der Waals surface area (Å²) >= 11 is 0. The van der Waals surface area contributed by atoms with Gasteiger partial charge in [-0.1, -0.05) is 140 Å². The van der Waals surface area contributed by atoms with E-state index in [1.165, 1.54) is 131 Å². The van der Waals surface area contributed by atoms with Crippen LogP contribution in [0.5, 0.6) is 0 Å². The molecular formula is C32H65NSi2. The van der Waals surface area contributed by atoms with Crippen molar-refractivity contribution in [2.45, 2.75) is 167 Å². The van der Waals surface area contributed by atoms with Crippen LogP contribution in [0, 0.1) is 0 Å². The second-order valence-corrected chi connectivity index (χ2v) is 21.8. The average molecular weight is 520 g/mol. The van der Waals surface area contributed by atoms with E-state index < -0.39 is 16.1 Å². The quantitative estimate of drug-likeness (QED) is 0.0492. The molecule has 0 aliphatic carbocycles. The SMILES string of the molecule is C=C(C)C[Si](CC=NCCCCCCCCCC[Si](CCC)(CCC)CC(=C)C)(CCC)CCC. The van der Waals surface area contributed by atoms with Crippen LogP contribution < -0.4 is 0 Å². The summed E-state index contributed by atoms with van der Waals surface area (Å²) < 4.78 is 0. The molecule has 0 saturated heterocycles. The highest BCUT2D eigenvalue weighted by Gasteiger charge is 2.30. The van der Waals surface area contributed by atoms with Crippen LogP contribution in [0.25, 0.3) is 0 Å². The van der Waals surface area contributed by atoms with Crippen molar-refractivity contribution >= 4 is 22.4 Å². The fourth-order valence-corrected chi connectivity index (χ4v) is 17.5. The van der Waals surface area contributed by atoms with Gasteiger partial charge in [0, 0.05) is 6.54 Å². The summed E-state index contributed by atoms with van der Waals surface area (Å²) in [5.41, 5.74) is 2.83. The molecule has 3 heteroatoms. The van der Waals surface area contributed by atoms with Crippen LogP contribution in [0.1, 0.15) is 119 Å². The van der Waals surface area contributed by atoms with Crippen LogP contribution >= 0.6 is 0 Å². The predicted octanol–water partition coefficient (Wildman–Crippen LogP) is 11.9. The smallest absolute Gasteiger partial charge is 0.0629 e. The Labute approximate surface area is 224 Å². The van der Waals surface area contributed by atoms with E-state index in [1.54, 1.807) is 6.04 Å². The molecule has 0 unspecified atom stereocenters. The van der Waals surface area contributed by atoms with Crippen molar-refractivity contribution < 1.29 is 0 Å². The zero-order chi connectivity index (χ0) is 26.4.